The molecule has 14 heteroatoms. The molecule has 0 radical (unpaired) electrons. The molecule has 0 aliphatic heterocycles. The molecule has 1 saturated carbocycles. The van der Waals surface area contributed by atoms with E-state index in [1.807, 2.05) is 49.5 Å². The highest BCUT2D eigenvalue weighted by molar-refractivity contribution is 5.96. The topological polar surface area (TPSA) is 124 Å². The Morgan fingerprint density at radius 2 is 1.93 bits per heavy atom. The molecule has 5 rings (SSSR count). The van der Waals surface area contributed by atoms with Crippen molar-refractivity contribution in [3.63, 3.8) is 0 Å². The van der Waals surface area contributed by atoms with Crippen LogP contribution in [0.2, 0.25) is 0 Å². The van der Waals surface area contributed by atoms with Crippen LogP contribution in [0.5, 0.6) is 5.88 Å². The standard InChI is InChI=1S/C29H30F3N9O2/c1-39(2)10-11-40(3)26-22(35-17-42)12-23(27(38-26)43-16-29(30,31)32)36-28-34-14-18(13-33)25(37-28)21-15-41(19-8-9-19)24-7-5-4-6-20(21)24/h4-7,12,14-15,17,19H,8-11,16H2,1-3H3,(H,35,42)(H,34,36,37). The van der Waals surface area contributed by atoms with Crippen molar-refractivity contribution in [2.45, 2.75) is 25.1 Å². The van der Waals surface area contributed by atoms with E-state index in [9.17, 15) is 23.2 Å². The maximum absolute atomic E-state index is 13.2. The van der Waals surface area contributed by atoms with Crippen LogP contribution in [0.1, 0.15) is 24.4 Å². The number of rotatable bonds is 12. The molecule has 0 bridgehead atoms. The summed E-state index contributed by atoms with van der Waals surface area (Å²) in [6, 6.07) is 11.7. The molecule has 0 unspecified atom stereocenters. The summed E-state index contributed by atoms with van der Waals surface area (Å²) in [5, 5.41) is 16.2. The first-order chi connectivity index (χ1) is 20.6. The number of halogens is 3. The largest absolute Gasteiger partial charge is 0.466 e. The Morgan fingerprint density at radius 3 is 2.60 bits per heavy atom. The number of aromatic nitrogens is 4. The number of hydrogen-bond donors (Lipinski definition) is 2. The molecule has 0 saturated heterocycles. The number of nitrogens with one attached hydrogen (secondary N) is 2. The molecule has 1 aliphatic rings. The van der Waals surface area contributed by atoms with Crippen LogP contribution < -0.4 is 20.3 Å². The number of fused-ring (bicyclic) bond motifs is 1. The minimum absolute atomic E-state index is 0.00155. The number of hydrogen-bond acceptors (Lipinski definition) is 9. The van der Waals surface area contributed by atoms with Crippen LogP contribution in [0, 0.1) is 11.3 Å². The van der Waals surface area contributed by atoms with Gasteiger partial charge in [0.2, 0.25) is 18.2 Å². The average Bonchev–Trinajstić information content (AvgIpc) is 3.75. The van der Waals surface area contributed by atoms with Gasteiger partial charge in [-0.1, -0.05) is 18.2 Å². The second kappa shape index (κ2) is 12.1. The molecule has 3 aromatic heterocycles. The fourth-order valence-corrected chi connectivity index (χ4v) is 4.65. The molecule has 1 aliphatic carbocycles. The van der Waals surface area contributed by atoms with Crippen LogP contribution in [0.3, 0.4) is 0 Å². The van der Waals surface area contributed by atoms with E-state index >= 15 is 0 Å². The first kappa shape index (κ1) is 29.6. The third-order valence-corrected chi connectivity index (χ3v) is 6.89. The fraction of sp³-hybridized carbons (Fsp3) is 0.345. The van der Waals surface area contributed by atoms with Gasteiger partial charge in [0.1, 0.15) is 11.8 Å². The number of carbonyl (C=O) groups excluding carboxylic acids is 1. The Hall–Kier alpha value is -4.90. The fourth-order valence-electron chi connectivity index (χ4n) is 4.65. The van der Waals surface area contributed by atoms with E-state index in [2.05, 4.69) is 36.2 Å². The number of pyridine rings is 1. The lowest BCUT2D eigenvalue weighted by atomic mass is 10.1. The van der Waals surface area contributed by atoms with Crippen molar-refractivity contribution in [3.05, 3.63) is 48.3 Å². The number of para-hydroxylation sites is 1. The SMILES string of the molecule is CN(C)CCN(C)c1nc(OCC(F)(F)F)c(Nc2ncc(C#N)c(-c3cn(C4CC4)c4ccccc34)n2)cc1NC=O. The van der Waals surface area contributed by atoms with Gasteiger partial charge in [-0.25, -0.2) is 9.97 Å². The van der Waals surface area contributed by atoms with Crippen molar-refractivity contribution in [3.8, 4) is 23.2 Å². The van der Waals surface area contributed by atoms with Gasteiger partial charge < -0.3 is 29.7 Å². The van der Waals surface area contributed by atoms with Gasteiger partial charge in [0, 0.05) is 48.8 Å². The minimum atomic E-state index is -4.62. The normalized spacial score (nSPS) is 13.2. The molecule has 2 N–H and O–H groups in total. The van der Waals surface area contributed by atoms with Crippen molar-refractivity contribution in [2.24, 2.45) is 0 Å². The number of nitrogens with zero attached hydrogens (tertiary/aromatic N) is 7. The molecule has 224 valence electrons. The number of alkyl halides is 3. The van der Waals surface area contributed by atoms with Gasteiger partial charge in [-0.05, 0) is 39.1 Å². The van der Waals surface area contributed by atoms with Crippen LogP contribution in [-0.2, 0) is 4.79 Å². The zero-order valence-corrected chi connectivity index (χ0v) is 23.8. The molecular weight excluding hydrogens is 563 g/mol. The van der Waals surface area contributed by atoms with Crippen molar-refractivity contribution in [1.82, 2.24) is 24.4 Å². The van der Waals surface area contributed by atoms with Crippen LogP contribution in [-0.4, -0.2) is 77.8 Å². The van der Waals surface area contributed by atoms with E-state index in [0.29, 0.717) is 31.2 Å². The number of benzene rings is 1. The summed E-state index contributed by atoms with van der Waals surface area (Å²) in [6.45, 7) is -0.498. The average molecular weight is 594 g/mol. The zero-order chi connectivity index (χ0) is 30.7. The van der Waals surface area contributed by atoms with Crippen LogP contribution in [0.15, 0.2) is 42.7 Å². The van der Waals surface area contributed by atoms with Crippen molar-refractivity contribution in [1.29, 1.82) is 5.26 Å². The molecule has 3 heterocycles. The lowest BCUT2D eigenvalue weighted by Gasteiger charge is -2.24. The summed E-state index contributed by atoms with van der Waals surface area (Å²) in [5.74, 6) is -0.145. The van der Waals surface area contributed by atoms with E-state index in [0.717, 1.165) is 29.3 Å². The number of nitriles is 1. The van der Waals surface area contributed by atoms with Gasteiger partial charge >= 0.3 is 6.18 Å². The summed E-state index contributed by atoms with van der Waals surface area (Å²) in [4.78, 5) is 28.3. The van der Waals surface area contributed by atoms with E-state index < -0.39 is 12.8 Å². The predicted octanol–water partition coefficient (Wildman–Crippen LogP) is 4.95. The summed E-state index contributed by atoms with van der Waals surface area (Å²) in [6.07, 6.45) is 1.27. The number of carbonyl (C=O) groups is 1. The lowest BCUT2D eigenvalue weighted by Crippen LogP contribution is -2.30. The minimum Gasteiger partial charge on any atom is -0.466 e. The van der Waals surface area contributed by atoms with Crippen molar-refractivity contribution < 1.29 is 22.7 Å². The van der Waals surface area contributed by atoms with Gasteiger partial charge in [0.05, 0.1) is 23.1 Å². The molecule has 4 aromatic rings. The summed E-state index contributed by atoms with van der Waals surface area (Å²) < 4.78 is 46.8. The van der Waals surface area contributed by atoms with E-state index in [1.54, 1.807) is 11.9 Å². The summed E-state index contributed by atoms with van der Waals surface area (Å²) in [7, 11) is 5.47. The highest BCUT2D eigenvalue weighted by atomic mass is 19.4. The third-order valence-electron chi connectivity index (χ3n) is 6.89. The summed E-state index contributed by atoms with van der Waals surface area (Å²) in [5.41, 5.74) is 2.58. The Balaban J connectivity index is 1.57. The van der Waals surface area contributed by atoms with Crippen molar-refractivity contribution in [2.75, 3.05) is 56.4 Å². The Bertz CT molecular complexity index is 1680. The predicted molar refractivity (Wildman–Crippen MR) is 157 cm³/mol. The van der Waals surface area contributed by atoms with Gasteiger partial charge in [0.25, 0.3) is 0 Å². The zero-order valence-electron chi connectivity index (χ0n) is 23.8. The maximum Gasteiger partial charge on any atom is 0.422 e. The van der Waals surface area contributed by atoms with Crippen LogP contribution >= 0.6 is 0 Å². The van der Waals surface area contributed by atoms with Gasteiger partial charge in [-0.15, -0.1) is 0 Å². The Kier molecular flexibility index (Phi) is 8.36. The Labute approximate surface area is 245 Å². The number of anilines is 4. The molecule has 1 amide bonds. The molecule has 1 aromatic carbocycles. The number of ether oxygens (including phenoxy) is 1. The highest BCUT2D eigenvalue weighted by Crippen LogP contribution is 2.42. The quantitative estimate of drug-likeness (QED) is 0.220. The van der Waals surface area contributed by atoms with E-state index in [1.165, 1.54) is 12.3 Å². The number of likely N-dealkylation sites (N-methyl/N-ethyl adjacent to an activating group) is 2. The van der Waals surface area contributed by atoms with E-state index in [4.69, 9.17) is 4.74 Å². The molecule has 43 heavy (non-hydrogen) atoms. The highest BCUT2D eigenvalue weighted by Gasteiger charge is 2.30. The third kappa shape index (κ3) is 6.78. The molecule has 0 atom stereocenters. The van der Waals surface area contributed by atoms with E-state index in [-0.39, 0.29) is 34.6 Å². The van der Waals surface area contributed by atoms with Crippen LogP contribution in [0.4, 0.5) is 36.3 Å². The Morgan fingerprint density at radius 1 is 1.16 bits per heavy atom. The second-order valence-corrected chi connectivity index (χ2v) is 10.5. The first-order valence-electron chi connectivity index (χ1n) is 13.5. The smallest absolute Gasteiger partial charge is 0.422 e. The van der Waals surface area contributed by atoms with Crippen molar-refractivity contribution >= 4 is 40.5 Å². The second-order valence-electron chi connectivity index (χ2n) is 10.5. The van der Waals surface area contributed by atoms with Gasteiger partial charge in [-0.3, -0.25) is 4.79 Å². The van der Waals surface area contributed by atoms with Crippen LogP contribution in [0.25, 0.3) is 22.2 Å². The molecule has 11 nitrogen and oxygen atoms in total. The number of amides is 1. The summed E-state index contributed by atoms with van der Waals surface area (Å²) >= 11 is 0. The lowest BCUT2D eigenvalue weighted by molar-refractivity contribution is -0.153. The molecule has 1 fully saturated rings. The molecular formula is C29H30F3N9O2. The maximum atomic E-state index is 13.2. The van der Waals surface area contributed by atoms with Gasteiger partial charge in [0.15, 0.2) is 12.4 Å². The monoisotopic (exact) mass is 593 g/mol. The van der Waals surface area contributed by atoms with Gasteiger partial charge in [-0.2, -0.15) is 23.4 Å². The first-order valence-corrected chi connectivity index (χ1v) is 13.5. The molecule has 0 spiro atoms.